The van der Waals surface area contributed by atoms with E-state index in [-0.39, 0.29) is 5.57 Å². The molecule has 0 saturated carbocycles. The van der Waals surface area contributed by atoms with E-state index in [0.717, 1.165) is 0 Å². The Balaban J connectivity index is 0. The van der Waals surface area contributed by atoms with Gasteiger partial charge in [0.05, 0.1) is 0 Å². The minimum atomic E-state index is -2.28. The molecule has 0 aliphatic rings. The second-order valence-electron chi connectivity index (χ2n) is 2.27. The molecule has 0 saturated heterocycles. The van der Waals surface area contributed by atoms with Crippen LogP contribution in [-0.2, 0) is 0 Å². The molecule has 2 N–H and O–H groups in total. The Morgan fingerprint density at radius 2 is 1.42 bits per heavy atom. The summed E-state index contributed by atoms with van der Waals surface area (Å²) in [6, 6.07) is 0. The van der Waals surface area contributed by atoms with Crippen LogP contribution in [0.4, 0.5) is 13.6 Å². The fourth-order valence-electron chi connectivity index (χ4n) is 0.218. The first kappa shape index (κ1) is 13.5. The lowest BCUT2D eigenvalue weighted by atomic mass is 10.2. The van der Waals surface area contributed by atoms with Crippen molar-refractivity contribution in [3.8, 4) is 0 Å². The highest BCUT2D eigenvalue weighted by molar-refractivity contribution is 5.53. The maximum Gasteiger partial charge on any atom is 0.503 e. The van der Waals surface area contributed by atoms with Crippen LogP contribution >= 0.6 is 0 Å². The zero-order valence-electron chi connectivity index (χ0n) is 7.14. The Kier molecular flexibility index (Phi) is 7.37. The minimum Gasteiger partial charge on any atom is -0.450 e. The lowest BCUT2D eigenvalue weighted by Crippen LogP contribution is -1.93. The van der Waals surface area contributed by atoms with Crippen molar-refractivity contribution in [2.75, 3.05) is 0 Å². The van der Waals surface area contributed by atoms with Crippen molar-refractivity contribution >= 4 is 6.16 Å². The molecule has 0 bridgehead atoms. The number of hydrogen-bond donors (Lipinski definition) is 2. The van der Waals surface area contributed by atoms with Gasteiger partial charge in [0.1, 0.15) is 0 Å². The number of rotatable bonds is 1. The van der Waals surface area contributed by atoms with Gasteiger partial charge in [-0.1, -0.05) is 5.57 Å². The molecule has 0 spiro atoms. The summed E-state index contributed by atoms with van der Waals surface area (Å²) >= 11 is 0. The SMILES string of the molecule is CC(C)=C(C)C(F)F.O=C(O)O. The van der Waals surface area contributed by atoms with Gasteiger partial charge in [0.2, 0.25) is 0 Å². The van der Waals surface area contributed by atoms with E-state index < -0.39 is 12.6 Å². The molecule has 12 heavy (non-hydrogen) atoms. The topological polar surface area (TPSA) is 57.5 Å². The summed E-state index contributed by atoms with van der Waals surface area (Å²) in [5, 5.41) is 13.9. The van der Waals surface area contributed by atoms with Gasteiger partial charge < -0.3 is 10.2 Å². The van der Waals surface area contributed by atoms with Crippen LogP contribution < -0.4 is 0 Å². The third-order valence-electron chi connectivity index (χ3n) is 1.12. The molecule has 0 rings (SSSR count). The van der Waals surface area contributed by atoms with Gasteiger partial charge in [0.15, 0.2) is 0 Å². The van der Waals surface area contributed by atoms with Crippen molar-refractivity contribution in [3.63, 3.8) is 0 Å². The van der Waals surface area contributed by atoms with E-state index in [1.54, 1.807) is 13.8 Å². The van der Waals surface area contributed by atoms with Crippen LogP contribution in [0, 0.1) is 0 Å². The van der Waals surface area contributed by atoms with Crippen LogP contribution in [0.3, 0.4) is 0 Å². The molecule has 0 amide bonds. The Hall–Kier alpha value is -1.13. The summed E-state index contributed by atoms with van der Waals surface area (Å²) in [7, 11) is 0. The van der Waals surface area contributed by atoms with E-state index in [9.17, 15) is 8.78 Å². The number of hydrogen-bond acceptors (Lipinski definition) is 1. The van der Waals surface area contributed by atoms with Crippen molar-refractivity contribution in [1.29, 1.82) is 0 Å². The Bertz CT molecular complexity index is 167. The van der Waals surface area contributed by atoms with Gasteiger partial charge in [-0.15, -0.1) is 0 Å². The molecular formula is C7H12F2O3. The molecule has 0 aromatic carbocycles. The summed E-state index contributed by atoms with van der Waals surface area (Å²) in [5.74, 6) is 0. The van der Waals surface area contributed by atoms with Gasteiger partial charge in [0, 0.05) is 0 Å². The van der Waals surface area contributed by atoms with E-state index in [1.165, 1.54) is 6.92 Å². The molecule has 0 radical (unpaired) electrons. The number of allylic oxidation sites excluding steroid dienone is 2. The van der Waals surface area contributed by atoms with Crippen molar-refractivity contribution in [3.05, 3.63) is 11.1 Å². The van der Waals surface area contributed by atoms with E-state index in [2.05, 4.69) is 0 Å². The number of halogens is 2. The molecule has 5 heteroatoms. The largest absolute Gasteiger partial charge is 0.503 e. The second-order valence-corrected chi connectivity index (χ2v) is 2.27. The summed E-state index contributed by atoms with van der Waals surface area (Å²) < 4.78 is 23.2. The molecule has 72 valence electrons. The lowest BCUT2D eigenvalue weighted by molar-refractivity contribution is 0.137. The summed E-state index contributed by atoms with van der Waals surface area (Å²) in [5.41, 5.74) is 0.894. The maximum atomic E-state index is 11.6. The van der Waals surface area contributed by atoms with Crippen LogP contribution in [0.2, 0.25) is 0 Å². The van der Waals surface area contributed by atoms with E-state index in [1.807, 2.05) is 0 Å². The van der Waals surface area contributed by atoms with E-state index >= 15 is 0 Å². The van der Waals surface area contributed by atoms with Gasteiger partial charge in [-0.05, 0) is 26.3 Å². The third kappa shape index (κ3) is 11.6. The number of alkyl halides is 2. The highest BCUT2D eigenvalue weighted by atomic mass is 19.3. The first-order chi connectivity index (χ1) is 5.29. The standard InChI is InChI=1S/C6H10F2.CH2O3/c1-4(2)5(3)6(7)8;2-1(3)4/h6H,1-3H3;(H2,2,3,4). The predicted octanol–water partition coefficient (Wildman–Crippen LogP) is 2.83. The van der Waals surface area contributed by atoms with Crippen LogP contribution in [0.5, 0.6) is 0 Å². The van der Waals surface area contributed by atoms with Crippen LogP contribution in [0.25, 0.3) is 0 Å². The summed E-state index contributed by atoms with van der Waals surface area (Å²) in [6.45, 7) is 4.81. The molecule has 0 aromatic heterocycles. The molecule has 0 fully saturated rings. The van der Waals surface area contributed by atoms with Crippen LogP contribution in [0.1, 0.15) is 20.8 Å². The van der Waals surface area contributed by atoms with Gasteiger partial charge in [-0.3, -0.25) is 0 Å². The van der Waals surface area contributed by atoms with Gasteiger partial charge in [-0.2, -0.15) is 0 Å². The fourth-order valence-corrected chi connectivity index (χ4v) is 0.218. The van der Waals surface area contributed by atoms with Gasteiger partial charge in [-0.25, -0.2) is 13.6 Å². The normalized spacial score (nSPS) is 8.50. The molecule has 0 unspecified atom stereocenters. The van der Waals surface area contributed by atoms with Crippen molar-refractivity contribution < 1.29 is 23.8 Å². The highest BCUT2D eigenvalue weighted by Crippen LogP contribution is 2.11. The zero-order valence-corrected chi connectivity index (χ0v) is 7.14. The van der Waals surface area contributed by atoms with Gasteiger partial charge in [0.25, 0.3) is 6.43 Å². The molecular weight excluding hydrogens is 170 g/mol. The molecule has 0 aromatic rings. The Morgan fingerprint density at radius 3 is 1.42 bits per heavy atom. The molecule has 0 aliphatic carbocycles. The average Bonchev–Trinajstić information content (AvgIpc) is 1.84. The summed E-state index contributed by atoms with van der Waals surface area (Å²) in [6.07, 6.45) is -4.11. The van der Waals surface area contributed by atoms with E-state index in [0.29, 0.717) is 5.57 Å². The van der Waals surface area contributed by atoms with Crippen LogP contribution in [-0.4, -0.2) is 22.8 Å². The molecule has 0 atom stereocenters. The average molecular weight is 182 g/mol. The highest BCUT2D eigenvalue weighted by Gasteiger charge is 2.04. The smallest absolute Gasteiger partial charge is 0.450 e. The maximum absolute atomic E-state index is 11.6. The molecule has 0 aliphatic heterocycles. The minimum absolute atomic E-state index is 0.185. The quantitative estimate of drug-likeness (QED) is 0.613. The number of carbonyl (C=O) groups is 1. The molecule has 0 heterocycles. The first-order valence-electron chi connectivity index (χ1n) is 3.13. The van der Waals surface area contributed by atoms with Crippen molar-refractivity contribution in [2.45, 2.75) is 27.2 Å². The monoisotopic (exact) mass is 182 g/mol. The summed E-state index contributed by atoms with van der Waals surface area (Å²) in [4.78, 5) is 8.56. The Labute approximate surface area is 69.3 Å². The Morgan fingerprint density at radius 1 is 1.17 bits per heavy atom. The van der Waals surface area contributed by atoms with Crippen LogP contribution in [0.15, 0.2) is 11.1 Å². The number of carboxylic acid groups (broad SMARTS) is 2. The van der Waals surface area contributed by atoms with Crippen molar-refractivity contribution in [2.24, 2.45) is 0 Å². The third-order valence-corrected chi connectivity index (χ3v) is 1.12. The van der Waals surface area contributed by atoms with Crippen molar-refractivity contribution in [1.82, 2.24) is 0 Å². The van der Waals surface area contributed by atoms with Gasteiger partial charge >= 0.3 is 6.16 Å². The van der Waals surface area contributed by atoms with E-state index in [4.69, 9.17) is 15.0 Å². The fraction of sp³-hybridized carbons (Fsp3) is 0.571. The predicted molar refractivity (Wildman–Crippen MR) is 40.7 cm³/mol. The first-order valence-corrected chi connectivity index (χ1v) is 3.13. The lowest BCUT2D eigenvalue weighted by Gasteiger charge is -1.98. The second kappa shape index (κ2) is 6.57. The molecule has 3 nitrogen and oxygen atoms in total. The zero-order chi connectivity index (χ0) is 10.3.